The molecule has 2 aromatic carbocycles. The van der Waals surface area contributed by atoms with Gasteiger partial charge in [-0.1, -0.05) is 0 Å². The monoisotopic (exact) mass is 519 g/mol. The summed E-state index contributed by atoms with van der Waals surface area (Å²) in [6.45, 7) is 11.0. The van der Waals surface area contributed by atoms with E-state index in [4.69, 9.17) is 9.47 Å². The van der Waals surface area contributed by atoms with Crippen molar-refractivity contribution in [2.45, 2.75) is 53.1 Å². The lowest BCUT2D eigenvalue weighted by atomic mass is 9.98. The van der Waals surface area contributed by atoms with Gasteiger partial charge in [-0.25, -0.2) is 4.79 Å². The smallest absolute Gasteiger partial charge is 0.336 e. The van der Waals surface area contributed by atoms with Crippen molar-refractivity contribution in [2.24, 2.45) is 0 Å². The molecule has 38 heavy (non-hydrogen) atoms. The number of ether oxygens (including phenoxy) is 2. The van der Waals surface area contributed by atoms with E-state index in [-0.39, 0.29) is 17.5 Å². The van der Waals surface area contributed by atoms with E-state index < -0.39 is 5.97 Å². The Morgan fingerprint density at radius 3 is 2.00 bits per heavy atom. The second kappa shape index (κ2) is 12.2. The van der Waals surface area contributed by atoms with Crippen LogP contribution >= 0.6 is 0 Å². The minimum absolute atomic E-state index is 0.0765. The highest BCUT2D eigenvalue weighted by atomic mass is 16.5. The lowest BCUT2D eigenvalue weighted by molar-refractivity contribution is 0.0694. The number of aromatic carboxylic acids is 1. The summed E-state index contributed by atoms with van der Waals surface area (Å²) in [5, 5.41) is 12.5. The topological polar surface area (TPSA) is 93.0 Å². The van der Waals surface area contributed by atoms with Crippen molar-refractivity contribution in [1.29, 1.82) is 0 Å². The number of nitrogens with one attached hydrogen (secondary N) is 1. The molecule has 0 radical (unpaired) electrons. The predicted octanol–water partition coefficient (Wildman–Crippen LogP) is 4.98. The third kappa shape index (κ3) is 6.19. The van der Waals surface area contributed by atoms with E-state index in [1.54, 1.807) is 26.0 Å². The number of aryl methyl sites for hydroxylation is 2. The van der Waals surface area contributed by atoms with Crippen LogP contribution in [0.15, 0.2) is 48.8 Å². The van der Waals surface area contributed by atoms with Crippen LogP contribution in [0.3, 0.4) is 0 Å². The zero-order valence-corrected chi connectivity index (χ0v) is 22.6. The number of carboxylic acid groups (broad SMARTS) is 1. The standard InChI is InChI=1S/C30H37N3O5/c1-5-37-25-17-22(18-26(38-6-2)28(25)33-11-7-8-12-33)19-32-13-9-24(10-14-32)31-29(34)23-15-20(3)27(30(35)36)21(4)16-23/h7-8,11-12,15-18,24H,5-6,9-10,13-14,19H2,1-4H3,(H,31,34)(H,35,36). The predicted molar refractivity (Wildman–Crippen MR) is 147 cm³/mol. The molecule has 1 aliphatic heterocycles. The molecule has 1 aliphatic rings. The maximum absolute atomic E-state index is 12.9. The Balaban J connectivity index is 1.41. The molecular formula is C30H37N3O5. The molecule has 2 N–H and O–H groups in total. The van der Waals surface area contributed by atoms with Gasteiger partial charge in [0.1, 0.15) is 17.2 Å². The average Bonchev–Trinajstić information content (AvgIpc) is 3.39. The van der Waals surface area contributed by atoms with E-state index in [1.165, 1.54) is 0 Å². The number of aromatic nitrogens is 1. The molecule has 2 heterocycles. The van der Waals surface area contributed by atoms with Crippen LogP contribution < -0.4 is 14.8 Å². The third-order valence-electron chi connectivity index (χ3n) is 6.90. The molecule has 4 rings (SSSR count). The second-order valence-electron chi connectivity index (χ2n) is 9.71. The molecule has 0 saturated carbocycles. The van der Waals surface area contributed by atoms with Gasteiger partial charge in [-0.3, -0.25) is 9.69 Å². The summed E-state index contributed by atoms with van der Waals surface area (Å²) in [6.07, 6.45) is 5.66. The summed E-state index contributed by atoms with van der Waals surface area (Å²) in [6, 6.07) is 11.5. The van der Waals surface area contributed by atoms with Gasteiger partial charge in [0, 0.05) is 43.6 Å². The Hall–Kier alpha value is -3.78. The summed E-state index contributed by atoms with van der Waals surface area (Å²) in [5.74, 6) is 0.466. The van der Waals surface area contributed by atoms with Crippen molar-refractivity contribution in [3.05, 3.63) is 76.6 Å². The molecule has 0 atom stereocenters. The van der Waals surface area contributed by atoms with E-state index in [1.807, 2.05) is 42.9 Å². The largest absolute Gasteiger partial charge is 0.492 e. The van der Waals surface area contributed by atoms with Crippen LogP contribution in [0.25, 0.3) is 5.69 Å². The summed E-state index contributed by atoms with van der Waals surface area (Å²) in [5.41, 5.74) is 3.99. The molecule has 1 amide bonds. The fourth-order valence-electron chi connectivity index (χ4n) is 5.19. The Kier molecular flexibility index (Phi) is 8.73. The third-order valence-corrected chi connectivity index (χ3v) is 6.90. The maximum atomic E-state index is 12.9. The fourth-order valence-corrected chi connectivity index (χ4v) is 5.19. The van der Waals surface area contributed by atoms with E-state index >= 15 is 0 Å². The number of rotatable bonds is 10. The number of carboxylic acids is 1. The number of carbonyl (C=O) groups is 2. The Morgan fingerprint density at radius 1 is 0.947 bits per heavy atom. The van der Waals surface area contributed by atoms with Crippen LogP contribution in [-0.2, 0) is 6.54 Å². The number of piperidine rings is 1. The van der Waals surface area contributed by atoms with E-state index in [2.05, 4.69) is 22.3 Å². The van der Waals surface area contributed by atoms with Gasteiger partial charge in [-0.15, -0.1) is 0 Å². The molecule has 1 fully saturated rings. The van der Waals surface area contributed by atoms with E-state index in [0.717, 1.165) is 55.2 Å². The fraction of sp³-hybridized carbons (Fsp3) is 0.400. The first-order valence-corrected chi connectivity index (χ1v) is 13.2. The first kappa shape index (κ1) is 27.3. The number of likely N-dealkylation sites (tertiary alicyclic amines) is 1. The zero-order chi connectivity index (χ0) is 27.2. The van der Waals surface area contributed by atoms with Crippen LogP contribution in [0.2, 0.25) is 0 Å². The zero-order valence-electron chi connectivity index (χ0n) is 22.6. The first-order valence-electron chi connectivity index (χ1n) is 13.2. The van der Waals surface area contributed by atoms with E-state index in [9.17, 15) is 14.7 Å². The number of hydrogen-bond acceptors (Lipinski definition) is 5. The van der Waals surface area contributed by atoms with Gasteiger partial charge in [0.05, 0.1) is 18.8 Å². The van der Waals surface area contributed by atoms with Gasteiger partial charge >= 0.3 is 5.97 Å². The first-order chi connectivity index (χ1) is 18.3. The summed E-state index contributed by atoms with van der Waals surface area (Å²) < 4.78 is 14.1. The highest BCUT2D eigenvalue weighted by molar-refractivity contribution is 5.97. The quantitative estimate of drug-likeness (QED) is 0.392. The number of amides is 1. The number of carbonyl (C=O) groups excluding carboxylic acids is 1. The number of nitrogens with zero attached hydrogens (tertiary/aromatic N) is 2. The Morgan fingerprint density at radius 2 is 1.50 bits per heavy atom. The van der Waals surface area contributed by atoms with Crippen molar-refractivity contribution < 1.29 is 24.2 Å². The Labute approximate surface area is 224 Å². The van der Waals surface area contributed by atoms with Gasteiger partial charge in [0.15, 0.2) is 0 Å². The van der Waals surface area contributed by atoms with Gasteiger partial charge in [0.2, 0.25) is 0 Å². The molecule has 0 spiro atoms. The maximum Gasteiger partial charge on any atom is 0.336 e. The number of hydrogen-bond donors (Lipinski definition) is 2. The molecule has 1 saturated heterocycles. The molecule has 0 bridgehead atoms. The molecule has 8 nitrogen and oxygen atoms in total. The van der Waals surface area contributed by atoms with Crippen molar-refractivity contribution in [3.8, 4) is 17.2 Å². The van der Waals surface area contributed by atoms with Crippen LogP contribution in [0, 0.1) is 13.8 Å². The van der Waals surface area contributed by atoms with Crippen molar-refractivity contribution in [3.63, 3.8) is 0 Å². The summed E-state index contributed by atoms with van der Waals surface area (Å²) in [7, 11) is 0. The minimum Gasteiger partial charge on any atom is -0.492 e. The van der Waals surface area contributed by atoms with Crippen LogP contribution in [0.1, 0.15) is 64.1 Å². The molecule has 1 aromatic heterocycles. The van der Waals surface area contributed by atoms with Crippen LogP contribution in [0.5, 0.6) is 11.5 Å². The summed E-state index contributed by atoms with van der Waals surface area (Å²) >= 11 is 0. The average molecular weight is 520 g/mol. The lowest BCUT2D eigenvalue weighted by Gasteiger charge is -2.32. The van der Waals surface area contributed by atoms with Crippen LogP contribution in [0.4, 0.5) is 0 Å². The highest BCUT2D eigenvalue weighted by Crippen LogP contribution is 2.35. The molecule has 202 valence electrons. The van der Waals surface area contributed by atoms with Crippen LogP contribution in [-0.4, -0.2) is 58.8 Å². The second-order valence-corrected chi connectivity index (χ2v) is 9.71. The molecule has 3 aromatic rings. The number of benzene rings is 2. The normalized spacial score (nSPS) is 14.3. The van der Waals surface area contributed by atoms with Gasteiger partial charge < -0.3 is 24.5 Å². The van der Waals surface area contributed by atoms with Gasteiger partial charge in [-0.2, -0.15) is 0 Å². The SMILES string of the molecule is CCOc1cc(CN2CCC(NC(=O)c3cc(C)c(C(=O)O)c(C)c3)CC2)cc(OCC)c1-n1cccc1. The molecule has 0 unspecified atom stereocenters. The Bertz CT molecular complexity index is 1230. The van der Waals surface area contributed by atoms with Gasteiger partial charge in [0.25, 0.3) is 5.91 Å². The molecular weight excluding hydrogens is 482 g/mol. The van der Waals surface area contributed by atoms with Gasteiger partial charge in [-0.05, 0) is 93.6 Å². The van der Waals surface area contributed by atoms with Crippen molar-refractivity contribution >= 4 is 11.9 Å². The lowest BCUT2D eigenvalue weighted by Crippen LogP contribution is -2.44. The minimum atomic E-state index is -0.972. The molecule has 8 heteroatoms. The van der Waals surface area contributed by atoms with E-state index in [0.29, 0.717) is 29.9 Å². The molecule has 0 aliphatic carbocycles. The van der Waals surface area contributed by atoms with Crippen molar-refractivity contribution in [2.75, 3.05) is 26.3 Å². The highest BCUT2D eigenvalue weighted by Gasteiger charge is 2.23. The summed E-state index contributed by atoms with van der Waals surface area (Å²) in [4.78, 5) is 26.7. The van der Waals surface area contributed by atoms with Crippen molar-refractivity contribution in [1.82, 2.24) is 14.8 Å².